The number of aromatic amines is 2. The zero-order chi connectivity index (χ0) is 24.0. The van der Waals surface area contributed by atoms with E-state index in [4.69, 9.17) is 4.74 Å². The van der Waals surface area contributed by atoms with E-state index in [2.05, 4.69) is 37.0 Å². The third-order valence-electron chi connectivity index (χ3n) is 5.69. The van der Waals surface area contributed by atoms with Crippen LogP contribution < -0.4 is 9.46 Å². The second-order valence-corrected chi connectivity index (χ2v) is 8.72. The Hall–Kier alpha value is -4.04. The van der Waals surface area contributed by atoms with E-state index in [0.717, 1.165) is 33.6 Å². The molecular weight excluding hydrogens is 458 g/mol. The number of ether oxygens (including phenoxy) is 1. The highest BCUT2D eigenvalue weighted by Crippen LogP contribution is 2.33. The van der Waals surface area contributed by atoms with Crippen molar-refractivity contribution in [2.45, 2.75) is 19.3 Å². The van der Waals surface area contributed by atoms with Crippen molar-refractivity contribution in [3.8, 4) is 22.9 Å². The summed E-state index contributed by atoms with van der Waals surface area (Å²) >= 11 is 1.31. The molecule has 5 rings (SSSR count). The molecule has 0 saturated heterocycles. The predicted octanol–water partition coefficient (Wildman–Crippen LogP) is 5.66. The van der Waals surface area contributed by atoms with Crippen LogP contribution in [0.25, 0.3) is 22.3 Å². The lowest BCUT2D eigenvalue weighted by Crippen LogP contribution is -2.15. The SMILES string of the molecule is CSNC(=O)CCc1c(Oc2cccc(-c3n[nH]c(Cc4ccccc4)n3)c2)ccc2[nH]ccc12. The van der Waals surface area contributed by atoms with Crippen molar-refractivity contribution in [2.75, 3.05) is 6.26 Å². The Morgan fingerprint density at radius 3 is 2.80 bits per heavy atom. The fraction of sp³-hybridized carbons (Fsp3) is 0.148. The van der Waals surface area contributed by atoms with E-state index in [9.17, 15) is 4.79 Å². The minimum atomic E-state index is -0.00565. The van der Waals surface area contributed by atoms with Crippen LogP contribution in [0.1, 0.15) is 23.4 Å². The Labute approximate surface area is 207 Å². The molecule has 0 fully saturated rings. The van der Waals surface area contributed by atoms with Crippen LogP contribution in [-0.2, 0) is 17.6 Å². The fourth-order valence-electron chi connectivity index (χ4n) is 4.05. The maximum absolute atomic E-state index is 12.1. The van der Waals surface area contributed by atoms with Crippen LogP contribution in [0.5, 0.6) is 11.5 Å². The maximum Gasteiger partial charge on any atom is 0.230 e. The van der Waals surface area contributed by atoms with Gasteiger partial charge in [0.05, 0.1) is 0 Å². The van der Waals surface area contributed by atoms with E-state index in [1.807, 2.05) is 73.1 Å². The molecule has 0 aliphatic heterocycles. The molecule has 0 aliphatic carbocycles. The van der Waals surface area contributed by atoms with Gasteiger partial charge in [0.2, 0.25) is 5.91 Å². The van der Waals surface area contributed by atoms with Crippen molar-refractivity contribution in [1.29, 1.82) is 0 Å². The summed E-state index contributed by atoms with van der Waals surface area (Å²) in [5, 5.41) is 8.50. The van der Waals surface area contributed by atoms with Crippen molar-refractivity contribution in [1.82, 2.24) is 24.9 Å². The van der Waals surface area contributed by atoms with Crippen LogP contribution in [-0.4, -0.2) is 32.3 Å². The lowest BCUT2D eigenvalue weighted by atomic mass is 10.0. The number of nitrogens with one attached hydrogen (secondary N) is 3. The van der Waals surface area contributed by atoms with Gasteiger partial charge in [0.25, 0.3) is 0 Å². The van der Waals surface area contributed by atoms with Crippen molar-refractivity contribution >= 4 is 28.8 Å². The molecule has 7 nitrogen and oxygen atoms in total. The van der Waals surface area contributed by atoms with Gasteiger partial charge in [-0.1, -0.05) is 54.4 Å². The second kappa shape index (κ2) is 10.5. The summed E-state index contributed by atoms with van der Waals surface area (Å²) < 4.78 is 9.11. The summed E-state index contributed by atoms with van der Waals surface area (Å²) in [6.07, 6.45) is 5.37. The molecule has 3 N–H and O–H groups in total. The van der Waals surface area contributed by atoms with Crippen molar-refractivity contribution < 1.29 is 9.53 Å². The van der Waals surface area contributed by atoms with Gasteiger partial charge < -0.3 is 14.4 Å². The number of rotatable bonds is 9. The van der Waals surface area contributed by atoms with Gasteiger partial charge in [-0.25, -0.2) is 4.98 Å². The molecule has 35 heavy (non-hydrogen) atoms. The molecule has 2 heterocycles. The normalized spacial score (nSPS) is 11.0. The Kier molecular flexibility index (Phi) is 6.81. The number of benzene rings is 3. The van der Waals surface area contributed by atoms with Crippen molar-refractivity contribution in [2.24, 2.45) is 0 Å². The van der Waals surface area contributed by atoms with Gasteiger partial charge in [-0.05, 0) is 42.3 Å². The third kappa shape index (κ3) is 5.38. The first kappa shape index (κ1) is 22.7. The number of fused-ring (bicyclic) bond motifs is 1. The number of amides is 1. The maximum atomic E-state index is 12.1. The van der Waals surface area contributed by atoms with E-state index in [0.29, 0.717) is 30.8 Å². The van der Waals surface area contributed by atoms with Crippen LogP contribution in [0.15, 0.2) is 79.0 Å². The molecule has 3 aromatic carbocycles. The molecule has 5 aromatic rings. The van der Waals surface area contributed by atoms with Gasteiger partial charge in [-0.3, -0.25) is 9.89 Å². The zero-order valence-corrected chi connectivity index (χ0v) is 20.1. The van der Waals surface area contributed by atoms with E-state index >= 15 is 0 Å². The van der Waals surface area contributed by atoms with Gasteiger partial charge in [0.15, 0.2) is 5.82 Å². The first-order valence-electron chi connectivity index (χ1n) is 11.3. The average Bonchev–Trinajstić information content (AvgIpc) is 3.54. The summed E-state index contributed by atoms with van der Waals surface area (Å²) in [4.78, 5) is 20.0. The topological polar surface area (TPSA) is 95.7 Å². The quantitative estimate of drug-likeness (QED) is 0.235. The van der Waals surface area contributed by atoms with Crippen LogP contribution in [0, 0.1) is 0 Å². The Morgan fingerprint density at radius 2 is 1.94 bits per heavy atom. The largest absolute Gasteiger partial charge is 0.457 e. The number of aromatic nitrogens is 4. The number of hydrogen-bond donors (Lipinski definition) is 3. The average molecular weight is 484 g/mol. The zero-order valence-electron chi connectivity index (χ0n) is 19.2. The van der Waals surface area contributed by atoms with Crippen LogP contribution in [0.3, 0.4) is 0 Å². The molecule has 0 unspecified atom stereocenters. The minimum absolute atomic E-state index is 0.00565. The van der Waals surface area contributed by atoms with Crippen LogP contribution in [0.4, 0.5) is 0 Å². The lowest BCUT2D eigenvalue weighted by Gasteiger charge is -2.13. The molecule has 1 amide bonds. The molecular formula is C27H25N5O2S. The van der Waals surface area contributed by atoms with E-state index in [1.165, 1.54) is 17.5 Å². The molecule has 0 aliphatic rings. The molecule has 2 aromatic heterocycles. The first-order valence-corrected chi connectivity index (χ1v) is 12.6. The standard InChI is InChI=1S/C27H25N5O2S/c1-35-32-26(33)13-10-22-21-14-15-28-23(21)11-12-24(22)34-20-9-5-8-19(17-20)27-29-25(30-31-27)16-18-6-3-2-4-7-18/h2-9,11-12,14-15,17,28H,10,13,16H2,1H3,(H,32,33)(H,29,30,31). The van der Waals surface area contributed by atoms with Gasteiger partial charge in [-0.2, -0.15) is 5.10 Å². The van der Waals surface area contributed by atoms with Crippen LogP contribution >= 0.6 is 11.9 Å². The number of carbonyl (C=O) groups is 1. The molecule has 8 heteroatoms. The number of nitrogens with zero attached hydrogens (tertiary/aromatic N) is 2. The summed E-state index contributed by atoms with van der Waals surface area (Å²) in [6.45, 7) is 0. The highest BCUT2D eigenvalue weighted by atomic mass is 32.2. The van der Waals surface area contributed by atoms with E-state index in [1.54, 1.807) is 0 Å². The molecule has 176 valence electrons. The summed E-state index contributed by atoms with van der Waals surface area (Å²) in [5.41, 5.74) is 4.04. The smallest absolute Gasteiger partial charge is 0.230 e. The Balaban J connectivity index is 1.37. The number of H-pyrrole nitrogens is 2. The van der Waals surface area contributed by atoms with Gasteiger partial charge in [0.1, 0.15) is 17.3 Å². The van der Waals surface area contributed by atoms with Crippen molar-refractivity contribution in [3.63, 3.8) is 0 Å². The molecule has 0 spiro atoms. The highest BCUT2D eigenvalue weighted by molar-refractivity contribution is 7.97. The minimum Gasteiger partial charge on any atom is -0.457 e. The van der Waals surface area contributed by atoms with Gasteiger partial charge in [0, 0.05) is 47.3 Å². The van der Waals surface area contributed by atoms with Crippen LogP contribution in [0.2, 0.25) is 0 Å². The fourth-order valence-corrected chi connectivity index (χ4v) is 4.38. The Bertz CT molecular complexity index is 1440. The van der Waals surface area contributed by atoms with E-state index < -0.39 is 0 Å². The van der Waals surface area contributed by atoms with E-state index in [-0.39, 0.29) is 5.91 Å². The molecule has 0 atom stereocenters. The predicted molar refractivity (Wildman–Crippen MR) is 139 cm³/mol. The molecule has 0 saturated carbocycles. The second-order valence-electron chi connectivity index (χ2n) is 8.11. The monoisotopic (exact) mass is 483 g/mol. The first-order chi connectivity index (χ1) is 17.2. The summed E-state index contributed by atoms with van der Waals surface area (Å²) in [7, 11) is 0. The van der Waals surface area contributed by atoms with Gasteiger partial charge in [-0.15, -0.1) is 0 Å². The molecule has 0 bridgehead atoms. The number of hydrogen-bond acceptors (Lipinski definition) is 5. The van der Waals surface area contributed by atoms with Crippen molar-refractivity contribution in [3.05, 3.63) is 95.9 Å². The number of aryl methyl sites for hydroxylation is 1. The molecule has 0 radical (unpaired) electrons. The lowest BCUT2D eigenvalue weighted by molar-refractivity contribution is -0.119. The van der Waals surface area contributed by atoms with Gasteiger partial charge >= 0.3 is 0 Å². The number of carbonyl (C=O) groups excluding carboxylic acids is 1. The highest BCUT2D eigenvalue weighted by Gasteiger charge is 2.14. The summed E-state index contributed by atoms with van der Waals surface area (Å²) in [5.74, 6) is 2.83. The summed E-state index contributed by atoms with van der Waals surface area (Å²) in [6, 6.07) is 23.9. The third-order valence-corrected chi connectivity index (χ3v) is 6.12. The Morgan fingerprint density at radius 1 is 1.06 bits per heavy atom.